The predicted molar refractivity (Wildman–Crippen MR) is 88.3 cm³/mol. The number of hydrogen-bond acceptors (Lipinski definition) is 3. The summed E-state index contributed by atoms with van der Waals surface area (Å²) in [7, 11) is 0. The molecule has 2 atom stereocenters. The summed E-state index contributed by atoms with van der Waals surface area (Å²) in [6.45, 7) is 6.00. The van der Waals surface area contributed by atoms with Crippen LogP contribution in [0.15, 0.2) is 30.3 Å². The smallest absolute Gasteiger partial charge is 0.244 e. The van der Waals surface area contributed by atoms with Crippen molar-refractivity contribution in [2.45, 2.75) is 45.3 Å². The van der Waals surface area contributed by atoms with Crippen molar-refractivity contribution in [3.05, 3.63) is 35.9 Å². The standard InChI is InChI=1S/C16H26N2O2.ClH/c1-4-12(5-2)14(19)11-18-15(20)16(3,17)13-9-7-6-8-10-13;/h6-10,12,14,19H,4-5,11,17H2,1-3H3,(H,18,20);1H. The third-order valence-electron chi connectivity index (χ3n) is 3.91. The van der Waals surface area contributed by atoms with Crippen LogP contribution in [0.3, 0.4) is 0 Å². The van der Waals surface area contributed by atoms with Crippen LogP contribution in [0.1, 0.15) is 39.2 Å². The van der Waals surface area contributed by atoms with Crippen molar-refractivity contribution in [3.8, 4) is 0 Å². The number of rotatable bonds is 7. The maximum absolute atomic E-state index is 12.2. The van der Waals surface area contributed by atoms with Gasteiger partial charge in [0, 0.05) is 6.54 Å². The van der Waals surface area contributed by atoms with E-state index in [2.05, 4.69) is 5.32 Å². The first-order chi connectivity index (χ1) is 9.43. The van der Waals surface area contributed by atoms with Crippen LogP contribution in [-0.4, -0.2) is 23.7 Å². The van der Waals surface area contributed by atoms with Crippen LogP contribution < -0.4 is 11.1 Å². The lowest BCUT2D eigenvalue weighted by atomic mass is 9.91. The lowest BCUT2D eigenvalue weighted by molar-refractivity contribution is -0.126. The molecule has 120 valence electrons. The average molecular weight is 315 g/mol. The van der Waals surface area contributed by atoms with E-state index in [-0.39, 0.29) is 30.8 Å². The van der Waals surface area contributed by atoms with E-state index in [4.69, 9.17) is 5.73 Å². The molecule has 2 unspecified atom stereocenters. The number of halogens is 1. The molecule has 0 saturated carbocycles. The largest absolute Gasteiger partial charge is 0.391 e. The Labute approximate surface area is 133 Å². The predicted octanol–water partition coefficient (Wildman–Crippen LogP) is 2.20. The van der Waals surface area contributed by atoms with Gasteiger partial charge < -0.3 is 16.2 Å². The van der Waals surface area contributed by atoms with E-state index in [1.807, 2.05) is 44.2 Å². The number of nitrogens with two attached hydrogens (primary N) is 1. The molecule has 0 bridgehead atoms. The second-order valence-electron chi connectivity index (χ2n) is 5.42. The molecular formula is C16H27ClN2O2. The van der Waals surface area contributed by atoms with Crippen molar-refractivity contribution in [2.75, 3.05) is 6.54 Å². The van der Waals surface area contributed by atoms with Gasteiger partial charge in [0.25, 0.3) is 0 Å². The summed E-state index contributed by atoms with van der Waals surface area (Å²) < 4.78 is 0. The Kier molecular flexibility index (Phi) is 8.55. The summed E-state index contributed by atoms with van der Waals surface area (Å²) in [5.74, 6) is -0.0650. The third kappa shape index (κ3) is 5.30. The molecule has 1 rings (SSSR count). The number of aliphatic hydroxyl groups is 1. The Morgan fingerprint density at radius 3 is 2.29 bits per heavy atom. The number of aliphatic hydroxyl groups excluding tert-OH is 1. The van der Waals surface area contributed by atoms with Gasteiger partial charge in [-0.25, -0.2) is 0 Å². The van der Waals surface area contributed by atoms with Crippen molar-refractivity contribution in [2.24, 2.45) is 11.7 Å². The molecule has 1 amide bonds. The summed E-state index contributed by atoms with van der Waals surface area (Å²) in [5, 5.41) is 12.8. The molecule has 0 aliphatic rings. The summed E-state index contributed by atoms with van der Waals surface area (Å²) in [6, 6.07) is 9.25. The highest BCUT2D eigenvalue weighted by Gasteiger charge is 2.30. The molecule has 0 aliphatic carbocycles. The van der Waals surface area contributed by atoms with Crippen LogP contribution in [0, 0.1) is 5.92 Å². The topological polar surface area (TPSA) is 75.3 Å². The minimum Gasteiger partial charge on any atom is -0.391 e. The Hall–Kier alpha value is -1.10. The molecule has 21 heavy (non-hydrogen) atoms. The second kappa shape index (κ2) is 9.03. The van der Waals surface area contributed by atoms with Gasteiger partial charge in [-0.05, 0) is 18.4 Å². The number of nitrogens with one attached hydrogen (secondary N) is 1. The number of benzene rings is 1. The van der Waals surface area contributed by atoms with Gasteiger partial charge in [-0.2, -0.15) is 0 Å². The Morgan fingerprint density at radius 1 is 1.29 bits per heavy atom. The second-order valence-corrected chi connectivity index (χ2v) is 5.42. The van der Waals surface area contributed by atoms with Crippen LogP contribution in [0.4, 0.5) is 0 Å². The average Bonchev–Trinajstić information content (AvgIpc) is 2.46. The van der Waals surface area contributed by atoms with Gasteiger partial charge in [0.05, 0.1) is 6.10 Å². The molecule has 0 aromatic heterocycles. The lowest BCUT2D eigenvalue weighted by Gasteiger charge is -2.26. The molecular weight excluding hydrogens is 288 g/mol. The summed E-state index contributed by atoms with van der Waals surface area (Å²) in [4.78, 5) is 12.2. The van der Waals surface area contributed by atoms with Gasteiger partial charge in [0.1, 0.15) is 5.54 Å². The van der Waals surface area contributed by atoms with Gasteiger partial charge in [0.15, 0.2) is 0 Å². The van der Waals surface area contributed by atoms with Crippen LogP contribution in [-0.2, 0) is 10.3 Å². The maximum atomic E-state index is 12.2. The molecule has 0 fully saturated rings. The fourth-order valence-corrected chi connectivity index (χ4v) is 2.30. The SMILES string of the molecule is CCC(CC)C(O)CNC(=O)C(C)(N)c1ccccc1.Cl. The zero-order chi connectivity index (χ0) is 15.2. The molecule has 0 aliphatic heterocycles. The molecule has 1 aromatic carbocycles. The van der Waals surface area contributed by atoms with E-state index in [1.165, 1.54) is 0 Å². The van der Waals surface area contributed by atoms with Crippen LogP contribution >= 0.6 is 12.4 Å². The fourth-order valence-electron chi connectivity index (χ4n) is 2.30. The summed E-state index contributed by atoms with van der Waals surface area (Å²) in [5.41, 5.74) is 5.79. The van der Waals surface area contributed by atoms with Gasteiger partial charge in [0.2, 0.25) is 5.91 Å². The quantitative estimate of drug-likeness (QED) is 0.722. The summed E-state index contributed by atoms with van der Waals surface area (Å²) in [6.07, 6.45) is 1.26. The van der Waals surface area contributed by atoms with E-state index in [0.717, 1.165) is 18.4 Å². The monoisotopic (exact) mass is 314 g/mol. The molecule has 4 nitrogen and oxygen atoms in total. The van der Waals surface area contributed by atoms with Gasteiger partial charge in [-0.1, -0.05) is 57.0 Å². The molecule has 0 radical (unpaired) electrons. The van der Waals surface area contributed by atoms with Crippen molar-refractivity contribution in [1.82, 2.24) is 5.32 Å². The molecule has 0 saturated heterocycles. The minimum absolute atomic E-state index is 0. The van der Waals surface area contributed by atoms with Gasteiger partial charge >= 0.3 is 0 Å². The van der Waals surface area contributed by atoms with Crippen LogP contribution in [0.25, 0.3) is 0 Å². The fraction of sp³-hybridized carbons (Fsp3) is 0.562. The highest BCUT2D eigenvalue weighted by atomic mass is 35.5. The van der Waals surface area contributed by atoms with Crippen molar-refractivity contribution >= 4 is 18.3 Å². The molecule has 0 spiro atoms. The molecule has 5 heteroatoms. The number of hydrogen-bond donors (Lipinski definition) is 3. The molecule has 4 N–H and O–H groups in total. The highest BCUT2D eigenvalue weighted by molar-refractivity contribution is 5.87. The minimum atomic E-state index is -1.09. The first-order valence-electron chi connectivity index (χ1n) is 7.24. The summed E-state index contributed by atoms with van der Waals surface area (Å²) >= 11 is 0. The van der Waals surface area contributed by atoms with Crippen molar-refractivity contribution in [3.63, 3.8) is 0 Å². The number of amides is 1. The zero-order valence-corrected chi connectivity index (χ0v) is 13.8. The van der Waals surface area contributed by atoms with E-state index in [1.54, 1.807) is 6.92 Å². The molecule has 1 aromatic rings. The van der Waals surface area contributed by atoms with Crippen LogP contribution in [0.2, 0.25) is 0 Å². The molecule has 0 heterocycles. The first kappa shape index (κ1) is 19.9. The Bertz CT molecular complexity index is 420. The first-order valence-corrected chi connectivity index (χ1v) is 7.24. The van der Waals surface area contributed by atoms with E-state index in [0.29, 0.717) is 0 Å². The lowest BCUT2D eigenvalue weighted by Crippen LogP contribution is -2.51. The van der Waals surface area contributed by atoms with E-state index in [9.17, 15) is 9.90 Å². The van der Waals surface area contributed by atoms with Crippen molar-refractivity contribution in [1.29, 1.82) is 0 Å². The van der Waals surface area contributed by atoms with Crippen LogP contribution in [0.5, 0.6) is 0 Å². The highest BCUT2D eigenvalue weighted by Crippen LogP contribution is 2.18. The van der Waals surface area contributed by atoms with Crippen molar-refractivity contribution < 1.29 is 9.90 Å². The van der Waals surface area contributed by atoms with Gasteiger partial charge in [-0.15, -0.1) is 12.4 Å². The Balaban J connectivity index is 0.00000400. The third-order valence-corrected chi connectivity index (χ3v) is 3.91. The number of carbonyl (C=O) groups is 1. The van der Waals surface area contributed by atoms with Gasteiger partial charge in [-0.3, -0.25) is 4.79 Å². The van der Waals surface area contributed by atoms with E-state index >= 15 is 0 Å². The number of carbonyl (C=O) groups excluding carboxylic acids is 1. The van der Waals surface area contributed by atoms with E-state index < -0.39 is 11.6 Å². The Morgan fingerprint density at radius 2 is 1.81 bits per heavy atom. The normalized spacial score (nSPS) is 15.0. The maximum Gasteiger partial charge on any atom is 0.244 e. The zero-order valence-electron chi connectivity index (χ0n) is 13.0.